The number of hydrogen-bond acceptors (Lipinski definition) is 2. The molecule has 0 unspecified atom stereocenters. The first-order valence-corrected chi connectivity index (χ1v) is 4.89. The summed E-state index contributed by atoms with van der Waals surface area (Å²) >= 11 is 0. The summed E-state index contributed by atoms with van der Waals surface area (Å²) < 4.78 is 0. The second kappa shape index (κ2) is 3.99. The minimum atomic E-state index is -0.249. The minimum absolute atomic E-state index is 0.0473. The van der Waals surface area contributed by atoms with Crippen LogP contribution in [0.15, 0.2) is 10.9 Å². The molecule has 0 bridgehead atoms. The summed E-state index contributed by atoms with van der Waals surface area (Å²) in [5.41, 5.74) is 0.983. The smallest absolute Gasteiger partial charge is 0.263 e. The van der Waals surface area contributed by atoms with Crippen molar-refractivity contribution in [2.45, 2.75) is 39.0 Å². The summed E-state index contributed by atoms with van der Waals surface area (Å²) in [6.45, 7) is 6.29. The third kappa shape index (κ3) is 1.89. The van der Waals surface area contributed by atoms with Gasteiger partial charge in [0.1, 0.15) is 7.85 Å². The van der Waals surface area contributed by atoms with Gasteiger partial charge in [-0.2, -0.15) is 5.10 Å². The molecule has 2 radical (unpaired) electrons. The summed E-state index contributed by atoms with van der Waals surface area (Å²) in [5.74, 6) is 0. The van der Waals surface area contributed by atoms with Crippen molar-refractivity contribution in [3.63, 3.8) is 0 Å². The van der Waals surface area contributed by atoms with E-state index in [9.17, 15) is 4.79 Å². The summed E-state index contributed by atoms with van der Waals surface area (Å²) in [7, 11) is 5.78. The number of nitrogens with zero attached hydrogens (tertiary/aromatic N) is 1. The molecule has 0 aliphatic carbocycles. The zero-order valence-corrected chi connectivity index (χ0v) is 8.92. The molecule has 0 saturated heterocycles. The second-order valence-corrected chi connectivity index (χ2v) is 3.80. The Balaban J connectivity index is 3.24. The molecule has 14 heavy (non-hydrogen) atoms. The Bertz CT molecular complexity index is 369. The van der Waals surface area contributed by atoms with Crippen LogP contribution in [0.5, 0.6) is 0 Å². The molecule has 0 amide bonds. The van der Waals surface area contributed by atoms with Crippen LogP contribution in [0.3, 0.4) is 0 Å². The predicted molar refractivity (Wildman–Crippen MR) is 58.2 cm³/mol. The quantitative estimate of drug-likeness (QED) is 0.711. The Hall–Kier alpha value is -1.06. The fourth-order valence-electron chi connectivity index (χ4n) is 1.49. The largest absolute Gasteiger partial charge is 0.268 e. The van der Waals surface area contributed by atoms with E-state index in [4.69, 9.17) is 7.85 Å². The number of aromatic nitrogens is 2. The van der Waals surface area contributed by atoms with Crippen LogP contribution in [0.1, 0.15) is 39.3 Å². The van der Waals surface area contributed by atoms with Gasteiger partial charge < -0.3 is 0 Å². The Kier molecular flexibility index (Phi) is 3.14. The molecule has 1 N–H and O–H groups in total. The monoisotopic (exact) mass is 190 g/mol. The van der Waals surface area contributed by atoms with E-state index in [0.717, 1.165) is 18.5 Å². The van der Waals surface area contributed by atoms with Crippen molar-refractivity contribution in [2.24, 2.45) is 0 Å². The predicted octanol–water partition coefficient (Wildman–Crippen LogP) is 0.641. The Morgan fingerprint density at radius 3 is 2.50 bits per heavy atom. The number of aromatic amines is 1. The van der Waals surface area contributed by atoms with Crippen molar-refractivity contribution in [1.29, 1.82) is 0 Å². The van der Waals surface area contributed by atoms with E-state index in [-0.39, 0.29) is 11.0 Å². The molecule has 0 atom stereocenters. The van der Waals surface area contributed by atoms with Crippen LogP contribution < -0.4 is 11.0 Å². The van der Waals surface area contributed by atoms with Crippen molar-refractivity contribution < 1.29 is 0 Å². The average molecular weight is 190 g/mol. The summed E-state index contributed by atoms with van der Waals surface area (Å²) in [6, 6.07) is 1.39. The number of hydrogen-bond donors (Lipinski definition) is 1. The highest BCUT2D eigenvalue weighted by Crippen LogP contribution is 2.27. The summed E-state index contributed by atoms with van der Waals surface area (Å²) in [6.07, 6.45) is 1.90. The lowest BCUT2D eigenvalue weighted by molar-refractivity contribution is 0.423. The molecule has 3 nitrogen and oxygen atoms in total. The molecule has 1 aromatic rings. The fourth-order valence-corrected chi connectivity index (χ4v) is 1.49. The van der Waals surface area contributed by atoms with Gasteiger partial charge in [0.25, 0.3) is 5.56 Å². The van der Waals surface area contributed by atoms with Gasteiger partial charge in [-0.1, -0.05) is 26.2 Å². The van der Waals surface area contributed by atoms with E-state index < -0.39 is 0 Å². The number of H-pyrrole nitrogens is 1. The molecular weight excluding hydrogens is 175 g/mol. The maximum atomic E-state index is 10.9. The molecular formula is C10H15BN2O. The van der Waals surface area contributed by atoms with Crippen LogP contribution in [0.25, 0.3) is 0 Å². The molecule has 74 valence electrons. The van der Waals surface area contributed by atoms with Crippen LogP contribution in [0, 0.1) is 0 Å². The third-order valence-electron chi connectivity index (χ3n) is 2.97. The first kappa shape index (κ1) is 11.0. The van der Waals surface area contributed by atoms with Gasteiger partial charge in [-0.25, -0.2) is 5.10 Å². The molecule has 4 heteroatoms. The zero-order chi connectivity index (χ0) is 10.8. The highest BCUT2D eigenvalue weighted by Gasteiger charge is 2.25. The lowest BCUT2D eigenvalue weighted by Gasteiger charge is -2.27. The Morgan fingerprint density at radius 2 is 2.07 bits per heavy atom. The van der Waals surface area contributed by atoms with Gasteiger partial charge in [0, 0.05) is 5.41 Å². The van der Waals surface area contributed by atoms with E-state index in [1.165, 1.54) is 6.07 Å². The maximum absolute atomic E-state index is 10.9. The number of rotatable bonds is 3. The third-order valence-corrected chi connectivity index (χ3v) is 2.97. The molecule has 0 aliphatic rings. The SMILES string of the molecule is [B]c1cc(=O)[nH]nc1C(C)(CC)CC. The lowest BCUT2D eigenvalue weighted by atomic mass is 9.75. The Morgan fingerprint density at radius 1 is 1.50 bits per heavy atom. The summed E-state index contributed by atoms with van der Waals surface area (Å²) in [5, 5.41) is 6.46. The van der Waals surface area contributed by atoms with Crippen LogP contribution in [0.2, 0.25) is 0 Å². The van der Waals surface area contributed by atoms with E-state index in [1.54, 1.807) is 0 Å². The lowest BCUT2D eigenvalue weighted by Crippen LogP contribution is -2.33. The molecule has 0 spiro atoms. The van der Waals surface area contributed by atoms with Gasteiger partial charge in [-0.3, -0.25) is 4.79 Å². The van der Waals surface area contributed by atoms with Crippen LogP contribution >= 0.6 is 0 Å². The van der Waals surface area contributed by atoms with Gasteiger partial charge >= 0.3 is 0 Å². The van der Waals surface area contributed by atoms with Crippen LogP contribution in [0.4, 0.5) is 0 Å². The molecule has 1 aromatic heterocycles. The van der Waals surface area contributed by atoms with Gasteiger partial charge in [0.2, 0.25) is 0 Å². The first-order valence-electron chi connectivity index (χ1n) is 4.89. The van der Waals surface area contributed by atoms with Crippen LogP contribution in [-0.4, -0.2) is 18.0 Å². The molecule has 0 fully saturated rings. The normalized spacial score (nSPS) is 11.6. The molecule has 0 aromatic carbocycles. The topological polar surface area (TPSA) is 45.8 Å². The second-order valence-electron chi connectivity index (χ2n) is 3.80. The van der Waals surface area contributed by atoms with E-state index in [1.807, 2.05) is 0 Å². The summed E-state index contributed by atoms with van der Waals surface area (Å²) in [4.78, 5) is 10.9. The van der Waals surface area contributed by atoms with Gasteiger partial charge in [0.15, 0.2) is 0 Å². The van der Waals surface area contributed by atoms with Crippen molar-refractivity contribution >= 4 is 13.3 Å². The fraction of sp³-hybridized carbons (Fsp3) is 0.600. The van der Waals surface area contributed by atoms with Gasteiger partial charge in [-0.05, 0) is 18.9 Å². The molecule has 1 rings (SSSR count). The maximum Gasteiger partial charge on any atom is 0.263 e. The zero-order valence-electron chi connectivity index (χ0n) is 8.92. The minimum Gasteiger partial charge on any atom is -0.268 e. The van der Waals surface area contributed by atoms with Crippen LogP contribution in [-0.2, 0) is 5.41 Å². The Labute approximate surface area is 85.3 Å². The van der Waals surface area contributed by atoms with Crippen molar-refractivity contribution in [2.75, 3.05) is 0 Å². The standard InChI is InChI=1S/C10H15BN2O/c1-4-10(3,5-2)9-7(11)6-8(14)12-13-9/h6H,4-5H2,1-3H3,(H,12,14). The van der Waals surface area contributed by atoms with E-state index in [2.05, 4.69) is 31.0 Å². The van der Waals surface area contributed by atoms with E-state index >= 15 is 0 Å². The molecule has 0 aliphatic heterocycles. The number of nitrogens with one attached hydrogen (secondary N) is 1. The van der Waals surface area contributed by atoms with Gasteiger partial charge in [-0.15, -0.1) is 0 Å². The highest BCUT2D eigenvalue weighted by atomic mass is 16.1. The molecule has 0 saturated carbocycles. The van der Waals surface area contributed by atoms with Gasteiger partial charge in [0.05, 0.1) is 5.69 Å². The average Bonchev–Trinajstić information content (AvgIpc) is 2.17. The van der Waals surface area contributed by atoms with Crippen molar-refractivity contribution in [1.82, 2.24) is 10.2 Å². The van der Waals surface area contributed by atoms with Crippen molar-refractivity contribution in [3.8, 4) is 0 Å². The van der Waals surface area contributed by atoms with Crippen molar-refractivity contribution in [3.05, 3.63) is 22.1 Å². The molecule has 1 heterocycles. The highest BCUT2D eigenvalue weighted by molar-refractivity contribution is 6.33. The first-order chi connectivity index (χ1) is 6.53. The van der Waals surface area contributed by atoms with E-state index in [0.29, 0.717) is 5.46 Å².